The Labute approximate surface area is 117 Å². The van der Waals surface area contributed by atoms with Gasteiger partial charge in [-0.15, -0.1) is 0 Å². The molecule has 0 amide bonds. The molecule has 17 heavy (non-hydrogen) atoms. The van der Waals surface area contributed by atoms with Gasteiger partial charge in [0.05, 0.1) is 5.39 Å². The number of carbonyl (C=O) groups is 1. The van der Waals surface area contributed by atoms with Crippen LogP contribution < -0.4 is 0 Å². The van der Waals surface area contributed by atoms with Gasteiger partial charge in [-0.3, -0.25) is 0 Å². The van der Waals surface area contributed by atoms with Crippen molar-refractivity contribution in [2.75, 3.05) is 0 Å². The number of aldehydes is 1. The summed E-state index contributed by atoms with van der Waals surface area (Å²) < 4.78 is 3.17. The molecular formula is C11H9ClIN3O. The molecule has 0 saturated heterocycles. The predicted molar refractivity (Wildman–Crippen MR) is 73.1 cm³/mol. The van der Waals surface area contributed by atoms with E-state index in [-0.39, 0.29) is 5.92 Å². The summed E-state index contributed by atoms with van der Waals surface area (Å²) in [4.78, 5) is 18.9. The quantitative estimate of drug-likeness (QED) is 0.469. The fraction of sp³-hybridized carbons (Fsp3) is 0.364. The van der Waals surface area contributed by atoms with Gasteiger partial charge in [0.15, 0.2) is 0 Å². The Morgan fingerprint density at radius 3 is 2.94 bits per heavy atom. The molecule has 88 valence electrons. The Bertz CT molecular complexity index is 592. The second-order valence-electron chi connectivity index (χ2n) is 4.27. The van der Waals surface area contributed by atoms with Gasteiger partial charge in [0.25, 0.3) is 0 Å². The van der Waals surface area contributed by atoms with E-state index in [4.69, 9.17) is 11.6 Å². The van der Waals surface area contributed by atoms with E-state index >= 15 is 0 Å². The molecule has 2 aromatic heterocycles. The zero-order valence-corrected chi connectivity index (χ0v) is 11.7. The Morgan fingerprint density at radius 2 is 2.24 bits per heavy atom. The molecule has 2 aromatic rings. The van der Waals surface area contributed by atoms with Gasteiger partial charge >= 0.3 is 0 Å². The number of carbonyl (C=O) groups excluding carboxylic acids is 1. The lowest BCUT2D eigenvalue weighted by molar-refractivity contribution is -0.114. The number of halogens is 2. The summed E-state index contributed by atoms with van der Waals surface area (Å²) >= 11 is 8.31. The lowest BCUT2D eigenvalue weighted by Gasteiger charge is -2.33. The summed E-state index contributed by atoms with van der Waals surface area (Å²) in [6.45, 7) is 0. The highest BCUT2D eigenvalue weighted by atomic mass is 127. The first kappa shape index (κ1) is 11.4. The fourth-order valence-electron chi connectivity index (χ4n) is 2.25. The van der Waals surface area contributed by atoms with Crippen molar-refractivity contribution in [3.05, 3.63) is 21.2 Å². The van der Waals surface area contributed by atoms with Crippen LogP contribution in [0.3, 0.4) is 0 Å². The van der Waals surface area contributed by atoms with Gasteiger partial charge < -0.3 is 9.36 Å². The minimum atomic E-state index is 0.201. The molecule has 2 heterocycles. The maximum absolute atomic E-state index is 10.6. The summed E-state index contributed by atoms with van der Waals surface area (Å²) in [7, 11) is 0. The van der Waals surface area contributed by atoms with Crippen molar-refractivity contribution in [1.82, 2.24) is 14.5 Å². The van der Waals surface area contributed by atoms with E-state index in [9.17, 15) is 4.79 Å². The molecule has 6 heteroatoms. The standard InChI is InChI=1S/C11H9ClIN3O/c12-10-9-8(13)3-16(11(9)15-5-14-10)7-1-6(2-7)4-17/h3-7H,1-2H2/t6-,7+. The highest BCUT2D eigenvalue weighted by Gasteiger charge is 2.31. The van der Waals surface area contributed by atoms with Crippen LogP contribution in [0.4, 0.5) is 0 Å². The predicted octanol–water partition coefficient (Wildman–Crippen LogP) is 2.84. The van der Waals surface area contributed by atoms with Crippen LogP contribution in [-0.2, 0) is 4.79 Å². The SMILES string of the molecule is O=C[C@H]1C[C@@H](n2cc(I)c3c(Cl)ncnc32)C1. The Morgan fingerprint density at radius 1 is 1.47 bits per heavy atom. The van der Waals surface area contributed by atoms with Crippen molar-refractivity contribution < 1.29 is 4.79 Å². The van der Waals surface area contributed by atoms with Crippen molar-refractivity contribution in [2.45, 2.75) is 18.9 Å². The third kappa shape index (κ3) is 1.76. The molecule has 3 rings (SSSR count). The second-order valence-corrected chi connectivity index (χ2v) is 5.79. The van der Waals surface area contributed by atoms with Gasteiger partial charge in [0, 0.05) is 21.7 Å². The summed E-state index contributed by atoms with van der Waals surface area (Å²) in [6.07, 6.45) is 6.34. The normalized spacial score (nSPS) is 23.6. The van der Waals surface area contributed by atoms with Crippen LogP contribution in [0.15, 0.2) is 12.5 Å². The lowest BCUT2D eigenvalue weighted by atomic mass is 9.81. The van der Waals surface area contributed by atoms with Gasteiger partial charge in [-0.25, -0.2) is 9.97 Å². The maximum atomic E-state index is 10.6. The van der Waals surface area contributed by atoms with Gasteiger partial charge in [0.2, 0.25) is 0 Å². The molecule has 0 bridgehead atoms. The number of rotatable bonds is 2. The molecule has 0 aromatic carbocycles. The van der Waals surface area contributed by atoms with E-state index in [2.05, 4.69) is 37.1 Å². The van der Waals surface area contributed by atoms with E-state index < -0.39 is 0 Å². The smallest absolute Gasteiger partial charge is 0.146 e. The monoisotopic (exact) mass is 361 g/mol. The molecule has 1 aliphatic rings. The number of nitrogens with zero attached hydrogens (tertiary/aromatic N) is 3. The number of fused-ring (bicyclic) bond motifs is 1. The molecule has 0 N–H and O–H groups in total. The average Bonchev–Trinajstić information content (AvgIpc) is 2.56. The first-order chi connectivity index (χ1) is 8.20. The van der Waals surface area contributed by atoms with Crippen molar-refractivity contribution in [3.8, 4) is 0 Å². The zero-order chi connectivity index (χ0) is 12.0. The van der Waals surface area contributed by atoms with Gasteiger partial charge in [-0.1, -0.05) is 11.6 Å². The summed E-state index contributed by atoms with van der Waals surface area (Å²) in [6, 6.07) is 0.363. The Balaban J connectivity index is 2.07. The molecule has 0 aliphatic heterocycles. The number of aromatic nitrogens is 3. The number of hydrogen-bond donors (Lipinski definition) is 0. The fourth-order valence-corrected chi connectivity index (χ4v) is 3.44. The Kier molecular flexibility index (Phi) is 2.82. The lowest BCUT2D eigenvalue weighted by Crippen LogP contribution is -2.27. The van der Waals surface area contributed by atoms with Crippen LogP contribution >= 0.6 is 34.2 Å². The summed E-state index contributed by atoms with van der Waals surface area (Å²) in [5.41, 5.74) is 0.865. The summed E-state index contributed by atoms with van der Waals surface area (Å²) in [5.74, 6) is 0.201. The molecule has 1 aliphatic carbocycles. The van der Waals surface area contributed by atoms with Crippen LogP contribution in [0.1, 0.15) is 18.9 Å². The van der Waals surface area contributed by atoms with Crippen molar-refractivity contribution >= 4 is 51.5 Å². The highest BCUT2D eigenvalue weighted by Crippen LogP contribution is 2.40. The van der Waals surface area contributed by atoms with Crippen molar-refractivity contribution in [2.24, 2.45) is 5.92 Å². The van der Waals surface area contributed by atoms with Gasteiger partial charge in [-0.05, 0) is 35.4 Å². The third-order valence-electron chi connectivity index (χ3n) is 3.25. The third-order valence-corrected chi connectivity index (χ3v) is 4.36. The van der Waals surface area contributed by atoms with E-state index in [0.29, 0.717) is 11.2 Å². The zero-order valence-electron chi connectivity index (χ0n) is 8.81. The highest BCUT2D eigenvalue weighted by molar-refractivity contribution is 14.1. The average molecular weight is 362 g/mol. The summed E-state index contributed by atoms with van der Waals surface area (Å²) in [5, 5.41) is 1.40. The first-order valence-corrected chi connectivity index (χ1v) is 6.78. The maximum Gasteiger partial charge on any atom is 0.146 e. The first-order valence-electron chi connectivity index (χ1n) is 5.32. The van der Waals surface area contributed by atoms with E-state index in [1.807, 2.05) is 6.20 Å². The van der Waals surface area contributed by atoms with Crippen molar-refractivity contribution in [3.63, 3.8) is 0 Å². The molecule has 0 unspecified atom stereocenters. The molecule has 0 radical (unpaired) electrons. The van der Waals surface area contributed by atoms with Crippen LogP contribution in [-0.4, -0.2) is 20.8 Å². The largest absolute Gasteiger partial charge is 0.328 e. The van der Waals surface area contributed by atoms with Crippen molar-refractivity contribution in [1.29, 1.82) is 0 Å². The molecule has 0 spiro atoms. The number of hydrogen-bond acceptors (Lipinski definition) is 3. The van der Waals surface area contributed by atoms with E-state index in [0.717, 1.165) is 33.7 Å². The minimum absolute atomic E-state index is 0.201. The van der Waals surface area contributed by atoms with Gasteiger partial charge in [-0.2, -0.15) is 0 Å². The molecule has 1 fully saturated rings. The molecule has 0 atom stereocenters. The molecule has 4 nitrogen and oxygen atoms in total. The van der Waals surface area contributed by atoms with Gasteiger partial charge in [0.1, 0.15) is 23.4 Å². The van der Waals surface area contributed by atoms with Crippen LogP contribution in [0.25, 0.3) is 11.0 Å². The Hall–Kier alpha value is -0.690. The second kappa shape index (κ2) is 4.20. The van der Waals surface area contributed by atoms with E-state index in [1.165, 1.54) is 6.33 Å². The van der Waals surface area contributed by atoms with Crippen LogP contribution in [0.2, 0.25) is 5.15 Å². The van der Waals surface area contributed by atoms with Crippen LogP contribution in [0.5, 0.6) is 0 Å². The van der Waals surface area contributed by atoms with E-state index in [1.54, 1.807) is 0 Å². The molecule has 1 saturated carbocycles. The topological polar surface area (TPSA) is 47.8 Å². The van der Waals surface area contributed by atoms with Crippen LogP contribution in [0, 0.1) is 9.49 Å². The minimum Gasteiger partial charge on any atom is -0.328 e. The molecular weight excluding hydrogens is 352 g/mol.